The molecule has 6 heteroatoms. The first-order valence-corrected chi connectivity index (χ1v) is 9.23. The van der Waals surface area contributed by atoms with Gasteiger partial charge in [-0.2, -0.15) is 0 Å². The largest absolute Gasteiger partial charge is 0.492 e. The molecule has 0 aliphatic heterocycles. The van der Waals surface area contributed by atoms with Crippen LogP contribution in [0.4, 0.5) is 0 Å². The molecule has 0 spiro atoms. The minimum Gasteiger partial charge on any atom is -0.492 e. The zero-order valence-corrected chi connectivity index (χ0v) is 14.7. The smallest absolute Gasteiger partial charge is 0.240 e. The number of ether oxygens (including phenoxy) is 1. The van der Waals surface area contributed by atoms with Gasteiger partial charge in [0.15, 0.2) is 0 Å². The van der Waals surface area contributed by atoms with Crippen LogP contribution in [-0.2, 0) is 10.0 Å². The fourth-order valence-electron chi connectivity index (χ4n) is 2.12. The highest BCUT2D eigenvalue weighted by molar-refractivity contribution is 7.89. The molecule has 0 fully saturated rings. The maximum Gasteiger partial charge on any atom is 0.240 e. The van der Waals surface area contributed by atoms with Crippen LogP contribution in [0.25, 0.3) is 0 Å². The molecule has 1 N–H and O–H groups in total. The molecule has 0 saturated carbocycles. The highest BCUT2D eigenvalue weighted by Crippen LogP contribution is 2.25. The molecule has 0 aromatic heterocycles. The summed E-state index contributed by atoms with van der Waals surface area (Å²) < 4.78 is 32.5. The molecule has 4 nitrogen and oxygen atoms in total. The number of benzene rings is 2. The molecule has 23 heavy (non-hydrogen) atoms. The molecule has 0 aliphatic carbocycles. The van der Waals surface area contributed by atoms with Crippen LogP contribution in [0.3, 0.4) is 0 Å². The number of sulfonamides is 1. The summed E-state index contributed by atoms with van der Waals surface area (Å²) in [6.07, 6.45) is 0. The van der Waals surface area contributed by atoms with Crippen LogP contribution < -0.4 is 9.46 Å². The van der Waals surface area contributed by atoms with Crippen LogP contribution in [0.15, 0.2) is 53.4 Å². The van der Waals surface area contributed by atoms with Gasteiger partial charge in [-0.25, -0.2) is 13.1 Å². The highest BCUT2D eigenvalue weighted by Gasteiger charge is 2.13. The Balaban J connectivity index is 1.91. The van der Waals surface area contributed by atoms with Gasteiger partial charge in [0.1, 0.15) is 12.4 Å². The molecule has 2 aromatic carbocycles. The van der Waals surface area contributed by atoms with Crippen molar-refractivity contribution in [3.8, 4) is 5.75 Å². The van der Waals surface area contributed by atoms with Crippen molar-refractivity contribution in [1.29, 1.82) is 0 Å². The summed E-state index contributed by atoms with van der Waals surface area (Å²) in [4.78, 5) is 0.185. The third-order valence-corrected chi connectivity index (χ3v) is 5.05. The predicted molar refractivity (Wildman–Crippen MR) is 92.7 cm³/mol. The second-order valence-corrected chi connectivity index (χ2v) is 7.60. The van der Waals surface area contributed by atoms with Crippen LogP contribution in [-0.4, -0.2) is 21.6 Å². The first-order chi connectivity index (χ1) is 10.9. The van der Waals surface area contributed by atoms with Gasteiger partial charge in [-0.15, -0.1) is 0 Å². The van der Waals surface area contributed by atoms with Crippen molar-refractivity contribution >= 4 is 21.6 Å². The second-order valence-electron chi connectivity index (χ2n) is 5.39. The van der Waals surface area contributed by atoms with Crippen molar-refractivity contribution in [2.24, 2.45) is 0 Å². The average molecular weight is 354 g/mol. The normalized spacial score (nSPS) is 11.7. The molecule has 2 rings (SSSR count). The fourth-order valence-corrected chi connectivity index (χ4v) is 3.26. The second kappa shape index (κ2) is 7.81. The average Bonchev–Trinajstić information content (AvgIpc) is 2.52. The molecule has 0 amide bonds. The van der Waals surface area contributed by atoms with E-state index >= 15 is 0 Å². The Bertz CT molecular complexity index is 743. The van der Waals surface area contributed by atoms with Crippen LogP contribution in [0, 0.1) is 0 Å². The minimum absolute atomic E-state index is 0.185. The number of nitrogens with one attached hydrogen (secondary N) is 1. The molecule has 0 heterocycles. The lowest BCUT2D eigenvalue weighted by atomic mass is 10.0. The van der Waals surface area contributed by atoms with Gasteiger partial charge in [0.05, 0.1) is 4.90 Å². The van der Waals surface area contributed by atoms with Gasteiger partial charge < -0.3 is 4.74 Å². The quantitative estimate of drug-likeness (QED) is 0.770. The van der Waals surface area contributed by atoms with Crippen molar-refractivity contribution in [2.45, 2.75) is 24.7 Å². The summed E-state index contributed by atoms with van der Waals surface area (Å²) in [6.45, 7) is 4.63. The molecular formula is C17H20ClNO3S. The van der Waals surface area contributed by atoms with E-state index in [0.29, 0.717) is 10.9 Å². The van der Waals surface area contributed by atoms with E-state index in [1.807, 2.05) is 24.3 Å². The first-order valence-electron chi connectivity index (χ1n) is 7.37. The van der Waals surface area contributed by atoms with Crippen molar-refractivity contribution in [3.63, 3.8) is 0 Å². The van der Waals surface area contributed by atoms with E-state index in [4.69, 9.17) is 16.3 Å². The van der Waals surface area contributed by atoms with Gasteiger partial charge in [-0.3, -0.25) is 0 Å². The van der Waals surface area contributed by atoms with Gasteiger partial charge in [-0.1, -0.05) is 43.6 Å². The maximum atomic E-state index is 12.1. The first kappa shape index (κ1) is 17.8. The zero-order chi connectivity index (χ0) is 16.9. The Morgan fingerprint density at radius 1 is 1.09 bits per heavy atom. The zero-order valence-electron chi connectivity index (χ0n) is 13.1. The number of para-hydroxylation sites is 1. The summed E-state index contributed by atoms with van der Waals surface area (Å²) in [7, 11) is -3.55. The Morgan fingerprint density at radius 2 is 1.74 bits per heavy atom. The van der Waals surface area contributed by atoms with Crippen LogP contribution in [0.2, 0.25) is 5.02 Å². The number of hydrogen-bond donors (Lipinski definition) is 1. The summed E-state index contributed by atoms with van der Waals surface area (Å²) in [5, 5.41) is 0.498. The van der Waals surface area contributed by atoms with E-state index in [1.54, 1.807) is 12.1 Å². The lowest BCUT2D eigenvalue weighted by molar-refractivity contribution is 0.318. The Morgan fingerprint density at radius 3 is 2.39 bits per heavy atom. The number of hydrogen-bond acceptors (Lipinski definition) is 3. The highest BCUT2D eigenvalue weighted by atomic mass is 35.5. The lowest BCUT2D eigenvalue weighted by Crippen LogP contribution is -2.28. The van der Waals surface area contributed by atoms with E-state index in [9.17, 15) is 8.42 Å². The molecular weight excluding hydrogens is 334 g/mol. The van der Waals surface area contributed by atoms with Crippen LogP contribution in [0.1, 0.15) is 25.3 Å². The van der Waals surface area contributed by atoms with Crippen molar-refractivity contribution in [2.75, 3.05) is 13.2 Å². The van der Waals surface area contributed by atoms with E-state index in [2.05, 4.69) is 18.6 Å². The molecule has 124 valence electrons. The van der Waals surface area contributed by atoms with Crippen LogP contribution >= 0.6 is 11.6 Å². The van der Waals surface area contributed by atoms with E-state index in [1.165, 1.54) is 12.1 Å². The maximum absolute atomic E-state index is 12.1. The summed E-state index contributed by atoms with van der Waals surface area (Å²) >= 11 is 5.76. The lowest BCUT2D eigenvalue weighted by Gasteiger charge is -2.14. The summed E-state index contributed by atoms with van der Waals surface area (Å²) in [6, 6.07) is 13.8. The third-order valence-electron chi connectivity index (χ3n) is 3.32. The Kier molecular flexibility index (Phi) is 6.04. The predicted octanol–water partition coefficient (Wildman–Crippen LogP) is 3.82. The molecule has 0 radical (unpaired) electrons. The monoisotopic (exact) mass is 353 g/mol. The third kappa shape index (κ3) is 4.96. The number of rotatable bonds is 7. The van der Waals surface area contributed by atoms with Crippen molar-refractivity contribution in [3.05, 3.63) is 59.1 Å². The Labute approximate surface area is 142 Å². The van der Waals surface area contributed by atoms with Crippen LogP contribution in [0.5, 0.6) is 5.75 Å². The fraction of sp³-hybridized carbons (Fsp3) is 0.294. The van der Waals surface area contributed by atoms with E-state index in [-0.39, 0.29) is 18.0 Å². The van der Waals surface area contributed by atoms with Gasteiger partial charge in [0.2, 0.25) is 10.0 Å². The van der Waals surface area contributed by atoms with Crippen molar-refractivity contribution in [1.82, 2.24) is 4.72 Å². The molecule has 0 aliphatic rings. The Hall–Kier alpha value is -1.56. The topological polar surface area (TPSA) is 55.4 Å². The SMILES string of the molecule is CC(C)c1ccccc1OCCNS(=O)(=O)c1ccc(Cl)cc1. The van der Waals surface area contributed by atoms with Gasteiger partial charge in [0, 0.05) is 11.6 Å². The van der Waals surface area contributed by atoms with Gasteiger partial charge in [0.25, 0.3) is 0 Å². The molecule has 0 unspecified atom stereocenters. The van der Waals surface area contributed by atoms with E-state index in [0.717, 1.165) is 11.3 Å². The molecule has 0 bridgehead atoms. The number of halogens is 1. The molecule has 0 saturated heterocycles. The molecule has 2 aromatic rings. The summed E-state index contributed by atoms with van der Waals surface area (Å²) in [5.41, 5.74) is 1.10. The standard InChI is InChI=1S/C17H20ClNO3S/c1-13(2)16-5-3-4-6-17(16)22-12-11-19-23(20,21)15-9-7-14(18)8-10-15/h3-10,13,19H,11-12H2,1-2H3. The van der Waals surface area contributed by atoms with Gasteiger partial charge in [-0.05, 0) is 41.8 Å². The molecule has 0 atom stereocenters. The minimum atomic E-state index is -3.55. The van der Waals surface area contributed by atoms with Gasteiger partial charge >= 0.3 is 0 Å². The van der Waals surface area contributed by atoms with E-state index < -0.39 is 10.0 Å². The summed E-state index contributed by atoms with van der Waals surface area (Å²) in [5.74, 6) is 1.13. The van der Waals surface area contributed by atoms with Crippen molar-refractivity contribution < 1.29 is 13.2 Å².